The molecule has 1 aliphatic heterocycles. The van der Waals surface area contributed by atoms with Crippen LogP contribution in [0.25, 0.3) is 0 Å². The van der Waals surface area contributed by atoms with E-state index in [1.54, 1.807) is 10.9 Å². The molecule has 0 saturated carbocycles. The average molecular weight is 332 g/mol. The van der Waals surface area contributed by atoms with Crippen molar-refractivity contribution in [1.29, 1.82) is 0 Å². The van der Waals surface area contributed by atoms with E-state index in [0.717, 1.165) is 24.9 Å². The molecule has 1 aromatic heterocycles. The zero-order valence-electron chi connectivity index (χ0n) is 14.0. The summed E-state index contributed by atoms with van der Waals surface area (Å²) in [7, 11) is 0. The third-order valence-corrected chi connectivity index (χ3v) is 4.64. The van der Waals surface area contributed by atoms with Gasteiger partial charge in [-0.1, -0.05) is 65.9 Å². The highest BCUT2D eigenvalue weighted by Crippen LogP contribution is 2.32. The minimum atomic E-state index is -0.0364. The molecule has 0 bridgehead atoms. The lowest BCUT2D eigenvalue weighted by atomic mass is 10.0. The second-order valence-electron chi connectivity index (χ2n) is 6.35. The summed E-state index contributed by atoms with van der Waals surface area (Å²) in [5, 5.41) is 8.23. The van der Waals surface area contributed by atoms with Crippen molar-refractivity contribution in [3.8, 4) is 0 Å². The first-order chi connectivity index (χ1) is 12.3. The Morgan fingerprint density at radius 2 is 1.76 bits per heavy atom. The molecule has 0 N–H and O–H groups in total. The smallest absolute Gasteiger partial charge is 0.276 e. The molecule has 25 heavy (non-hydrogen) atoms. The predicted octanol–water partition coefficient (Wildman–Crippen LogP) is 3.30. The number of rotatable bonds is 4. The molecule has 1 aliphatic rings. The first kappa shape index (κ1) is 15.6. The molecule has 1 amide bonds. The molecule has 1 unspecified atom stereocenters. The Morgan fingerprint density at radius 1 is 1.04 bits per heavy atom. The van der Waals surface area contributed by atoms with Gasteiger partial charge in [0.25, 0.3) is 5.91 Å². The van der Waals surface area contributed by atoms with E-state index < -0.39 is 0 Å². The lowest BCUT2D eigenvalue weighted by Crippen LogP contribution is -2.30. The van der Waals surface area contributed by atoms with Crippen molar-refractivity contribution in [2.24, 2.45) is 0 Å². The molecule has 0 spiro atoms. The van der Waals surface area contributed by atoms with Gasteiger partial charge in [-0.05, 0) is 24.0 Å². The largest absolute Gasteiger partial charge is 0.330 e. The highest BCUT2D eigenvalue weighted by molar-refractivity contribution is 5.92. The third kappa shape index (κ3) is 3.31. The van der Waals surface area contributed by atoms with Crippen LogP contribution in [-0.2, 0) is 6.54 Å². The number of carbonyl (C=O) groups is 1. The van der Waals surface area contributed by atoms with Gasteiger partial charge >= 0.3 is 0 Å². The standard InChI is InChI=1S/C20H20N4O/c25-20(24-13-7-12-19(24)17-10-5-2-6-11-17)18-15-23(22-21-18)14-16-8-3-1-4-9-16/h1-6,8-11,15,19H,7,12-14H2. The summed E-state index contributed by atoms with van der Waals surface area (Å²) in [6.07, 6.45) is 3.76. The second kappa shape index (κ2) is 6.89. The van der Waals surface area contributed by atoms with Gasteiger partial charge in [0.05, 0.1) is 18.8 Å². The Bertz CT molecular complexity index is 844. The van der Waals surface area contributed by atoms with Crippen LogP contribution in [0.3, 0.4) is 0 Å². The van der Waals surface area contributed by atoms with Gasteiger partial charge in [0.2, 0.25) is 0 Å². The van der Waals surface area contributed by atoms with E-state index in [9.17, 15) is 4.79 Å². The monoisotopic (exact) mass is 332 g/mol. The van der Waals surface area contributed by atoms with Crippen LogP contribution in [0.2, 0.25) is 0 Å². The van der Waals surface area contributed by atoms with Crippen molar-refractivity contribution in [1.82, 2.24) is 19.9 Å². The number of nitrogens with zero attached hydrogens (tertiary/aromatic N) is 4. The van der Waals surface area contributed by atoms with E-state index in [1.807, 2.05) is 53.4 Å². The molecule has 126 valence electrons. The molecule has 3 aromatic rings. The highest BCUT2D eigenvalue weighted by Gasteiger charge is 2.31. The molecule has 1 atom stereocenters. The molecule has 2 heterocycles. The van der Waals surface area contributed by atoms with E-state index in [2.05, 4.69) is 22.4 Å². The van der Waals surface area contributed by atoms with Crippen molar-refractivity contribution in [3.05, 3.63) is 83.7 Å². The molecule has 4 rings (SSSR count). The quantitative estimate of drug-likeness (QED) is 0.736. The van der Waals surface area contributed by atoms with Crippen LogP contribution < -0.4 is 0 Å². The topological polar surface area (TPSA) is 51.0 Å². The first-order valence-corrected chi connectivity index (χ1v) is 8.61. The number of hydrogen-bond acceptors (Lipinski definition) is 3. The maximum absolute atomic E-state index is 12.9. The van der Waals surface area contributed by atoms with Gasteiger partial charge in [-0.15, -0.1) is 5.10 Å². The summed E-state index contributed by atoms with van der Waals surface area (Å²) in [6, 6.07) is 20.4. The second-order valence-corrected chi connectivity index (χ2v) is 6.35. The predicted molar refractivity (Wildman–Crippen MR) is 95.0 cm³/mol. The Labute approximate surface area is 146 Å². The van der Waals surface area contributed by atoms with E-state index in [4.69, 9.17) is 0 Å². The minimum Gasteiger partial charge on any atom is -0.330 e. The molecule has 0 radical (unpaired) electrons. The molecule has 2 aromatic carbocycles. The number of benzene rings is 2. The van der Waals surface area contributed by atoms with Crippen molar-refractivity contribution >= 4 is 5.91 Å². The molecule has 0 aliphatic carbocycles. The summed E-state index contributed by atoms with van der Waals surface area (Å²) in [4.78, 5) is 14.8. The lowest BCUT2D eigenvalue weighted by Gasteiger charge is -2.24. The highest BCUT2D eigenvalue weighted by atomic mass is 16.2. The zero-order valence-corrected chi connectivity index (χ0v) is 14.0. The van der Waals surface area contributed by atoms with Crippen LogP contribution in [0.15, 0.2) is 66.9 Å². The van der Waals surface area contributed by atoms with Crippen LogP contribution in [0.5, 0.6) is 0 Å². The van der Waals surface area contributed by atoms with Gasteiger partial charge in [-0.3, -0.25) is 4.79 Å². The maximum atomic E-state index is 12.9. The molecule has 5 nitrogen and oxygen atoms in total. The summed E-state index contributed by atoms with van der Waals surface area (Å²) in [6.45, 7) is 1.38. The van der Waals surface area contributed by atoms with Gasteiger partial charge in [0.15, 0.2) is 5.69 Å². The van der Waals surface area contributed by atoms with E-state index in [1.165, 1.54) is 5.56 Å². The molecular formula is C20H20N4O. The van der Waals surface area contributed by atoms with Gasteiger partial charge in [-0.25, -0.2) is 4.68 Å². The van der Waals surface area contributed by atoms with Crippen LogP contribution >= 0.6 is 0 Å². The fourth-order valence-electron chi connectivity index (χ4n) is 3.42. The third-order valence-electron chi connectivity index (χ3n) is 4.64. The SMILES string of the molecule is O=C(c1cn(Cc2ccccc2)nn1)N1CCCC1c1ccccc1. The lowest BCUT2D eigenvalue weighted by molar-refractivity contribution is 0.0729. The van der Waals surface area contributed by atoms with E-state index in [0.29, 0.717) is 12.2 Å². The number of amides is 1. The Balaban J connectivity index is 1.51. The van der Waals surface area contributed by atoms with Gasteiger partial charge in [0.1, 0.15) is 0 Å². The van der Waals surface area contributed by atoms with Crippen LogP contribution in [0.4, 0.5) is 0 Å². The Hall–Kier alpha value is -2.95. The summed E-state index contributed by atoms with van der Waals surface area (Å²) in [5.41, 5.74) is 2.73. The summed E-state index contributed by atoms with van der Waals surface area (Å²) >= 11 is 0. The number of likely N-dealkylation sites (tertiary alicyclic amines) is 1. The van der Waals surface area contributed by atoms with Gasteiger partial charge < -0.3 is 4.90 Å². The van der Waals surface area contributed by atoms with Crippen molar-refractivity contribution < 1.29 is 4.79 Å². The van der Waals surface area contributed by atoms with Crippen molar-refractivity contribution in [3.63, 3.8) is 0 Å². The fraction of sp³-hybridized carbons (Fsp3) is 0.250. The normalized spacial score (nSPS) is 17.0. The van der Waals surface area contributed by atoms with Gasteiger partial charge in [-0.2, -0.15) is 0 Å². The minimum absolute atomic E-state index is 0.0364. The molecular weight excluding hydrogens is 312 g/mol. The summed E-state index contributed by atoms with van der Waals surface area (Å²) in [5.74, 6) is -0.0364. The van der Waals surface area contributed by atoms with Crippen molar-refractivity contribution in [2.75, 3.05) is 6.54 Å². The number of carbonyl (C=O) groups excluding carboxylic acids is 1. The maximum Gasteiger partial charge on any atom is 0.276 e. The molecule has 1 saturated heterocycles. The summed E-state index contributed by atoms with van der Waals surface area (Å²) < 4.78 is 1.72. The van der Waals surface area contributed by atoms with Crippen molar-refractivity contribution in [2.45, 2.75) is 25.4 Å². The van der Waals surface area contributed by atoms with Crippen LogP contribution in [-0.4, -0.2) is 32.3 Å². The Morgan fingerprint density at radius 3 is 2.52 bits per heavy atom. The Kier molecular flexibility index (Phi) is 4.29. The van der Waals surface area contributed by atoms with Crippen LogP contribution in [0.1, 0.15) is 40.5 Å². The number of hydrogen-bond donors (Lipinski definition) is 0. The zero-order chi connectivity index (χ0) is 17.1. The average Bonchev–Trinajstić information content (AvgIpc) is 3.32. The van der Waals surface area contributed by atoms with E-state index >= 15 is 0 Å². The van der Waals surface area contributed by atoms with Gasteiger partial charge in [0, 0.05) is 6.54 Å². The molecule has 1 fully saturated rings. The molecule has 5 heteroatoms. The van der Waals surface area contributed by atoms with E-state index in [-0.39, 0.29) is 11.9 Å². The first-order valence-electron chi connectivity index (χ1n) is 8.61. The van der Waals surface area contributed by atoms with Crippen LogP contribution in [0, 0.1) is 0 Å². The number of aromatic nitrogens is 3. The fourth-order valence-corrected chi connectivity index (χ4v) is 3.42.